The molecule has 126 valence electrons. The number of carbonyl (C=O) groups is 1. The van der Waals surface area contributed by atoms with E-state index in [1.165, 1.54) is 10.5 Å². The highest BCUT2D eigenvalue weighted by Gasteiger charge is 2.46. The molecule has 0 aromatic heterocycles. The number of hydrogen-bond donors (Lipinski definition) is 1. The van der Waals surface area contributed by atoms with Gasteiger partial charge in [-0.1, -0.05) is 30.3 Å². The summed E-state index contributed by atoms with van der Waals surface area (Å²) in [5, 5.41) is 9.13. The van der Waals surface area contributed by atoms with Gasteiger partial charge in [0.05, 0.1) is 12.2 Å². The van der Waals surface area contributed by atoms with Crippen LogP contribution in [0.5, 0.6) is 0 Å². The Labute approximate surface area is 137 Å². The SMILES string of the molecule is CC1(C)COC2(CCN(C(=O)O)CC2)CN1Cc1ccccc1. The topological polar surface area (TPSA) is 53.0 Å². The van der Waals surface area contributed by atoms with Gasteiger partial charge in [-0.25, -0.2) is 4.79 Å². The Morgan fingerprint density at radius 2 is 1.87 bits per heavy atom. The van der Waals surface area contributed by atoms with E-state index >= 15 is 0 Å². The molecule has 0 saturated carbocycles. The number of piperidine rings is 1. The molecule has 1 N–H and O–H groups in total. The number of hydrogen-bond acceptors (Lipinski definition) is 3. The van der Waals surface area contributed by atoms with Gasteiger partial charge in [-0.3, -0.25) is 4.90 Å². The van der Waals surface area contributed by atoms with Gasteiger partial charge < -0.3 is 14.7 Å². The van der Waals surface area contributed by atoms with Gasteiger partial charge in [0.2, 0.25) is 0 Å². The second-order valence-corrected chi connectivity index (χ2v) is 7.40. The molecule has 2 fully saturated rings. The number of benzene rings is 1. The predicted octanol–water partition coefficient (Wildman–Crippen LogP) is 2.81. The summed E-state index contributed by atoms with van der Waals surface area (Å²) in [4.78, 5) is 15.1. The van der Waals surface area contributed by atoms with Crippen molar-refractivity contribution in [2.75, 3.05) is 26.2 Å². The summed E-state index contributed by atoms with van der Waals surface area (Å²) in [6, 6.07) is 10.5. The molecule has 1 aromatic rings. The van der Waals surface area contributed by atoms with Gasteiger partial charge in [0, 0.05) is 31.7 Å². The highest BCUT2D eigenvalue weighted by atomic mass is 16.5. The minimum absolute atomic E-state index is 0.00891. The molecule has 2 aliphatic rings. The summed E-state index contributed by atoms with van der Waals surface area (Å²) in [5.41, 5.74) is 1.10. The quantitative estimate of drug-likeness (QED) is 0.911. The molecule has 1 aromatic carbocycles. The zero-order chi connectivity index (χ0) is 16.5. The van der Waals surface area contributed by atoms with Crippen LogP contribution in [-0.2, 0) is 11.3 Å². The molecule has 3 rings (SSSR count). The van der Waals surface area contributed by atoms with Gasteiger partial charge in [0.1, 0.15) is 0 Å². The number of morpholine rings is 1. The molecule has 5 heteroatoms. The van der Waals surface area contributed by atoms with Crippen LogP contribution in [0, 0.1) is 0 Å². The van der Waals surface area contributed by atoms with Crippen molar-refractivity contribution in [3.05, 3.63) is 35.9 Å². The van der Waals surface area contributed by atoms with Crippen molar-refractivity contribution in [1.29, 1.82) is 0 Å². The molecule has 1 amide bonds. The molecule has 2 heterocycles. The number of ether oxygens (including phenoxy) is 1. The molecule has 1 spiro atoms. The van der Waals surface area contributed by atoms with E-state index in [2.05, 4.69) is 43.0 Å². The van der Waals surface area contributed by atoms with Gasteiger partial charge in [0.15, 0.2) is 0 Å². The highest BCUT2D eigenvalue weighted by Crippen LogP contribution is 2.36. The van der Waals surface area contributed by atoms with Crippen LogP contribution in [0.2, 0.25) is 0 Å². The Morgan fingerprint density at radius 1 is 1.22 bits per heavy atom. The fourth-order valence-electron chi connectivity index (χ4n) is 3.51. The third-order valence-corrected chi connectivity index (χ3v) is 5.23. The molecule has 5 nitrogen and oxygen atoms in total. The summed E-state index contributed by atoms with van der Waals surface area (Å²) in [6.45, 7) is 8.02. The Balaban J connectivity index is 1.70. The molecule has 2 saturated heterocycles. The van der Waals surface area contributed by atoms with E-state index in [0.717, 1.165) is 25.9 Å². The number of amides is 1. The van der Waals surface area contributed by atoms with Crippen LogP contribution in [-0.4, -0.2) is 58.4 Å². The Morgan fingerprint density at radius 3 is 2.48 bits per heavy atom. The maximum Gasteiger partial charge on any atom is 0.407 e. The fourth-order valence-corrected chi connectivity index (χ4v) is 3.51. The van der Waals surface area contributed by atoms with Crippen LogP contribution in [0.25, 0.3) is 0 Å². The largest absolute Gasteiger partial charge is 0.465 e. The Hall–Kier alpha value is -1.59. The Bertz CT molecular complexity index is 551. The van der Waals surface area contributed by atoms with E-state index in [4.69, 9.17) is 9.84 Å². The van der Waals surface area contributed by atoms with Gasteiger partial charge in [-0.2, -0.15) is 0 Å². The molecule has 0 unspecified atom stereocenters. The molecule has 0 radical (unpaired) electrons. The molecule has 0 atom stereocenters. The Kier molecular flexibility index (Phi) is 4.34. The molecule has 0 bridgehead atoms. The van der Waals surface area contributed by atoms with E-state index < -0.39 is 6.09 Å². The van der Waals surface area contributed by atoms with Crippen molar-refractivity contribution < 1.29 is 14.6 Å². The highest BCUT2D eigenvalue weighted by molar-refractivity contribution is 5.65. The maximum atomic E-state index is 11.1. The molecule has 23 heavy (non-hydrogen) atoms. The lowest BCUT2D eigenvalue weighted by Gasteiger charge is -2.53. The van der Waals surface area contributed by atoms with E-state index in [9.17, 15) is 4.79 Å². The smallest absolute Gasteiger partial charge is 0.407 e. The number of rotatable bonds is 2. The molecular weight excluding hydrogens is 292 g/mol. The first-order valence-corrected chi connectivity index (χ1v) is 8.31. The van der Waals surface area contributed by atoms with Gasteiger partial charge in [-0.15, -0.1) is 0 Å². The molecule has 0 aliphatic carbocycles. The monoisotopic (exact) mass is 318 g/mol. The maximum absolute atomic E-state index is 11.1. The van der Waals surface area contributed by atoms with Crippen LogP contribution >= 0.6 is 0 Å². The van der Waals surface area contributed by atoms with Crippen LogP contribution in [0.4, 0.5) is 4.79 Å². The van der Waals surface area contributed by atoms with Crippen molar-refractivity contribution >= 4 is 6.09 Å². The van der Waals surface area contributed by atoms with Crippen molar-refractivity contribution in [1.82, 2.24) is 9.80 Å². The first kappa shape index (κ1) is 16.3. The average molecular weight is 318 g/mol. The standard InChI is InChI=1S/C18H26N2O3/c1-17(2)14-23-18(8-10-19(11-9-18)16(21)22)13-20(17)12-15-6-4-3-5-7-15/h3-7H,8-14H2,1-2H3,(H,21,22). The van der Waals surface area contributed by atoms with Crippen LogP contribution in [0.15, 0.2) is 30.3 Å². The third kappa shape index (κ3) is 3.51. The van der Waals surface area contributed by atoms with Crippen LogP contribution in [0.3, 0.4) is 0 Å². The lowest BCUT2D eigenvalue weighted by atomic mass is 9.86. The summed E-state index contributed by atoms with van der Waals surface area (Å²) in [7, 11) is 0. The minimum atomic E-state index is -0.822. The number of likely N-dealkylation sites (tertiary alicyclic amines) is 1. The second kappa shape index (κ2) is 6.13. The zero-order valence-corrected chi connectivity index (χ0v) is 14.0. The summed E-state index contributed by atoms with van der Waals surface area (Å²) < 4.78 is 6.26. The number of nitrogens with zero attached hydrogens (tertiary/aromatic N) is 2. The summed E-state index contributed by atoms with van der Waals surface area (Å²) in [5.74, 6) is 0. The third-order valence-electron chi connectivity index (χ3n) is 5.23. The van der Waals surface area contributed by atoms with E-state index in [1.54, 1.807) is 0 Å². The fraction of sp³-hybridized carbons (Fsp3) is 0.611. The molecular formula is C18H26N2O3. The van der Waals surface area contributed by atoms with Gasteiger partial charge in [-0.05, 0) is 32.3 Å². The van der Waals surface area contributed by atoms with E-state index in [0.29, 0.717) is 19.7 Å². The van der Waals surface area contributed by atoms with Crippen LogP contribution in [0.1, 0.15) is 32.3 Å². The number of carboxylic acid groups (broad SMARTS) is 1. The van der Waals surface area contributed by atoms with Crippen molar-refractivity contribution in [2.24, 2.45) is 0 Å². The normalized spacial score (nSPS) is 23.8. The first-order chi connectivity index (χ1) is 10.9. The first-order valence-electron chi connectivity index (χ1n) is 8.31. The average Bonchev–Trinajstić information content (AvgIpc) is 2.53. The van der Waals surface area contributed by atoms with E-state index in [1.807, 2.05) is 6.07 Å². The van der Waals surface area contributed by atoms with Crippen molar-refractivity contribution in [2.45, 2.75) is 44.4 Å². The van der Waals surface area contributed by atoms with E-state index in [-0.39, 0.29) is 11.1 Å². The summed E-state index contributed by atoms with van der Waals surface area (Å²) in [6.07, 6.45) is 0.735. The summed E-state index contributed by atoms with van der Waals surface area (Å²) >= 11 is 0. The second-order valence-electron chi connectivity index (χ2n) is 7.40. The lowest BCUT2D eigenvalue weighted by molar-refractivity contribution is -0.179. The predicted molar refractivity (Wildman–Crippen MR) is 88.4 cm³/mol. The van der Waals surface area contributed by atoms with Crippen molar-refractivity contribution in [3.63, 3.8) is 0 Å². The van der Waals surface area contributed by atoms with Crippen molar-refractivity contribution in [3.8, 4) is 0 Å². The molecule has 2 aliphatic heterocycles. The zero-order valence-electron chi connectivity index (χ0n) is 14.0. The lowest BCUT2D eigenvalue weighted by Crippen LogP contribution is -2.63. The van der Waals surface area contributed by atoms with Gasteiger partial charge >= 0.3 is 6.09 Å². The minimum Gasteiger partial charge on any atom is -0.465 e. The van der Waals surface area contributed by atoms with Crippen LogP contribution < -0.4 is 0 Å². The van der Waals surface area contributed by atoms with Gasteiger partial charge in [0.25, 0.3) is 0 Å².